The third-order valence-electron chi connectivity index (χ3n) is 15.1. The number of anilines is 1. The largest absolute Gasteiger partial charge is 0.493 e. The lowest BCUT2D eigenvalue weighted by Crippen LogP contribution is -2.45. The summed E-state index contributed by atoms with van der Waals surface area (Å²) in [7, 11) is 3.04. The van der Waals surface area contributed by atoms with Gasteiger partial charge >= 0.3 is 0 Å². The fourth-order valence-corrected chi connectivity index (χ4v) is 10.9. The van der Waals surface area contributed by atoms with Gasteiger partial charge in [-0.2, -0.15) is 0 Å². The summed E-state index contributed by atoms with van der Waals surface area (Å²) in [6.45, 7) is 8.24. The van der Waals surface area contributed by atoms with Gasteiger partial charge in [0.25, 0.3) is 17.7 Å². The SMILES string of the molecule is CCc1ccc(C2=CN3C(=O)c4cc(OC)c(OCCCOc5cc6c(cc5OC)C(=O)C5N=C(c7ccc(NC(=O)[C@@H](C)CC(=O)[C@H](NC(=O)CCCCCN8C(=O)C=C(Br)C8=O)C(C)C)cc7)C[C@H]5C=N6)cc4N=C[C@@H]3C2)cc1. The van der Waals surface area contributed by atoms with Crippen molar-refractivity contribution in [3.05, 3.63) is 117 Å². The van der Waals surface area contributed by atoms with Gasteiger partial charge in [-0.15, -0.1) is 0 Å². The Labute approximate surface area is 479 Å². The number of aliphatic imine (C=N–C) groups is 3. The normalized spacial score (nSPS) is 18.7. The average molecular weight is 1170 g/mol. The van der Waals surface area contributed by atoms with Gasteiger partial charge in [0.1, 0.15) is 6.04 Å². The van der Waals surface area contributed by atoms with E-state index in [1.54, 1.807) is 54.4 Å². The first-order valence-corrected chi connectivity index (χ1v) is 28.3. The molecule has 2 N–H and O–H groups in total. The highest BCUT2D eigenvalue weighted by Crippen LogP contribution is 2.42. The number of unbranched alkanes of at least 4 members (excludes halogenated alkanes) is 2. The number of hydrogen-bond donors (Lipinski definition) is 2. The van der Waals surface area contributed by atoms with Crippen molar-refractivity contribution >= 4 is 97.8 Å². The Balaban J connectivity index is 0.736. The topological polar surface area (TPSA) is 224 Å². The van der Waals surface area contributed by atoms with E-state index in [0.717, 1.165) is 33.7 Å². The first-order valence-electron chi connectivity index (χ1n) is 27.5. The van der Waals surface area contributed by atoms with E-state index in [0.29, 0.717) is 89.7 Å². The third kappa shape index (κ3) is 13.1. The second-order valence-electron chi connectivity index (χ2n) is 21.1. The second kappa shape index (κ2) is 25.6. The van der Waals surface area contributed by atoms with Gasteiger partial charge in [0.05, 0.1) is 60.9 Å². The highest BCUT2D eigenvalue weighted by atomic mass is 79.9. The minimum Gasteiger partial charge on any atom is -0.493 e. The predicted molar refractivity (Wildman–Crippen MR) is 312 cm³/mol. The number of carbonyl (C=O) groups excluding carboxylic acids is 7. The number of carbonyl (C=O) groups is 7. The van der Waals surface area contributed by atoms with Crippen LogP contribution in [-0.2, 0) is 30.4 Å². The van der Waals surface area contributed by atoms with E-state index in [2.05, 4.69) is 57.8 Å². The Morgan fingerprint density at radius 2 is 1.41 bits per heavy atom. The van der Waals surface area contributed by atoms with E-state index < -0.39 is 18.0 Å². The van der Waals surface area contributed by atoms with Crippen LogP contribution in [0.2, 0.25) is 0 Å². The zero-order valence-electron chi connectivity index (χ0n) is 46.3. The number of Topliss-reactive ketones (excluding diaryl/α,β-unsaturated/α-hetero) is 2. The van der Waals surface area contributed by atoms with Crippen LogP contribution in [0.1, 0.15) is 116 Å². The number of imide groups is 1. The maximum atomic E-state index is 14.1. The summed E-state index contributed by atoms with van der Waals surface area (Å²) < 4.78 is 24.0. The van der Waals surface area contributed by atoms with Crippen molar-refractivity contribution in [3.8, 4) is 23.0 Å². The molecule has 18 nitrogen and oxygen atoms in total. The molecule has 9 rings (SSSR count). The number of fused-ring (bicyclic) bond motifs is 4. The van der Waals surface area contributed by atoms with Crippen molar-refractivity contribution in [1.29, 1.82) is 0 Å². The molecule has 5 aliphatic rings. The van der Waals surface area contributed by atoms with Crippen LogP contribution in [0.5, 0.6) is 23.0 Å². The molecule has 1 unspecified atom stereocenters. The molecule has 0 radical (unpaired) electrons. The van der Waals surface area contributed by atoms with Crippen LogP contribution < -0.4 is 29.6 Å². The van der Waals surface area contributed by atoms with Crippen molar-refractivity contribution in [1.82, 2.24) is 15.1 Å². The number of methoxy groups -OCH3 is 2. The van der Waals surface area contributed by atoms with Gasteiger partial charge in [-0.05, 0) is 87.6 Å². The zero-order chi connectivity index (χ0) is 57.5. The van der Waals surface area contributed by atoms with Crippen molar-refractivity contribution in [2.24, 2.45) is 32.7 Å². The minimum absolute atomic E-state index is 0.0754. The molecule has 0 fully saturated rings. The van der Waals surface area contributed by atoms with E-state index in [4.69, 9.17) is 33.9 Å². The van der Waals surface area contributed by atoms with E-state index in [-0.39, 0.29) is 96.1 Å². The molecule has 0 aromatic heterocycles. The quantitative estimate of drug-likeness (QED) is 0.0496. The summed E-state index contributed by atoms with van der Waals surface area (Å²) in [5.41, 5.74) is 7.22. The summed E-state index contributed by atoms with van der Waals surface area (Å²) in [5.74, 6) is -1.49. The molecule has 0 spiro atoms. The number of aryl methyl sites for hydroxylation is 1. The molecule has 5 aliphatic heterocycles. The molecule has 4 aromatic carbocycles. The Hall–Kier alpha value is -8.06. The maximum absolute atomic E-state index is 14.1. The Kier molecular flexibility index (Phi) is 18.2. The number of ether oxygens (including phenoxy) is 4. The Morgan fingerprint density at radius 1 is 0.753 bits per heavy atom. The van der Waals surface area contributed by atoms with Gasteiger partial charge in [-0.1, -0.05) is 70.5 Å². The van der Waals surface area contributed by atoms with Crippen LogP contribution in [0.4, 0.5) is 17.1 Å². The molecule has 4 aromatic rings. The van der Waals surface area contributed by atoms with Crippen LogP contribution >= 0.6 is 15.9 Å². The van der Waals surface area contributed by atoms with Crippen LogP contribution in [0.3, 0.4) is 0 Å². The van der Waals surface area contributed by atoms with Gasteiger partial charge in [-0.3, -0.25) is 53.4 Å². The number of amides is 5. The first kappa shape index (κ1) is 57.6. The maximum Gasteiger partial charge on any atom is 0.267 e. The molecule has 5 heterocycles. The summed E-state index contributed by atoms with van der Waals surface area (Å²) in [6.07, 6.45) is 11.1. The summed E-state index contributed by atoms with van der Waals surface area (Å²) in [5, 5.41) is 5.74. The smallest absolute Gasteiger partial charge is 0.267 e. The lowest BCUT2D eigenvalue weighted by molar-refractivity contribution is -0.137. The van der Waals surface area contributed by atoms with Gasteiger partial charge in [-0.25, -0.2) is 0 Å². The van der Waals surface area contributed by atoms with Crippen molar-refractivity contribution in [2.45, 2.75) is 104 Å². The first-order chi connectivity index (χ1) is 39.0. The standard InChI is InChI=1S/C62H66BrN7O11/c1-7-37-13-15-38(16-14-37)41-25-43-33-65-49-31-54(52(79-6)28-45(49)61(76)70(43)34-41)81-23-11-22-80-53-30-48-44(27-51(53)78-5)59(74)58-40(32-64-48)26-47(67-58)39-17-19-42(20-18-39)66-60(75)36(4)24-50(71)57(35(2)3)68-55(72)12-9-8-10-21-69-56(73)29-46(63)62(69)77/h13-20,27-36,40,43,57-58H,7-12,21-26H2,1-6H3,(H,66,75)(H,68,72)/t36-,40-,43-,57+,58?/m0/s1. The van der Waals surface area contributed by atoms with Crippen LogP contribution in [0.15, 0.2) is 105 Å². The monoisotopic (exact) mass is 1160 g/mol. The molecule has 5 amide bonds. The van der Waals surface area contributed by atoms with Crippen LogP contribution in [0.25, 0.3) is 5.57 Å². The number of rotatable bonds is 24. The minimum atomic E-state index is -0.768. The van der Waals surface area contributed by atoms with E-state index >= 15 is 0 Å². The number of nitrogens with zero attached hydrogens (tertiary/aromatic N) is 5. The van der Waals surface area contributed by atoms with Crippen molar-refractivity contribution in [2.75, 3.05) is 39.3 Å². The van der Waals surface area contributed by atoms with Crippen LogP contribution in [0, 0.1) is 17.8 Å². The van der Waals surface area contributed by atoms with Crippen molar-refractivity contribution < 1.29 is 52.5 Å². The highest BCUT2D eigenvalue weighted by Gasteiger charge is 2.39. The fraction of sp³-hybridized carbons (Fsp3) is 0.387. The second-order valence-corrected chi connectivity index (χ2v) is 22.0. The molecular weight excluding hydrogens is 1100 g/mol. The molecule has 0 bridgehead atoms. The molecule has 19 heteroatoms. The Morgan fingerprint density at radius 3 is 2.05 bits per heavy atom. The fourth-order valence-electron chi connectivity index (χ4n) is 10.5. The average Bonchev–Trinajstić information content (AvgIpc) is 4.23. The van der Waals surface area contributed by atoms with E-state index in [1.165, 1.54) is 25.9 Å². The Bertz CT molecular complexity index is 3290. The predicted octanol–water partition coefficient (Wildman–Crippen LogP) is 9.74. The number of nitrogens with one attached hydrogen (secondary N) is 2. The molecule has 81 heavy (non-hydrogen) atoms. The van der Waals surface area contributed by atoms with Gasteiger partial charge < -0.3 is 34.5 Å². The number of ketones is 2. The van der Waals surface area contributed by atoms with Crippen LogP contribution in [-0.4, -0.2) is 121 Å². The van der Waals surface area contributed by atoms with Crippen molar-refractivity contribution in [3.63, 3.8) is 0 Å². The molecule has 0 aliphatic carbocycles. The van der Waals surface area contributed by atoms with Gasteiger partial charge in [0.15, 0.2) is 34.6 Å². The molecule has 0 saturated heterocycles. The molecule has 422 valence electrons. The van der Waals surface area contributed by atoms with Gasteiger partial charge in [0.2, 0.25) is 11.8 Å². The highest BCUT2D eigenvalue weighted by molar-refractivity contribution is 9.12. The van der Waals surface area contributed by atoms with Gasteiger partial charge in [0, 0.05) is 104 Å². The lowest BCUT2D eigenvalue weighted by atomic mass is 9.92. The molecule has 5 atom stereocenters. The number of hydrogen-bond acceptors (Lipinski definition) is 14. The molecular formula is C62H66BrN7O11. The lowest BCUT2D eigenvalue weighted by Gasteiger charge is -2.23. The number of benzene rings is 4. The third-order valence-corrected chi connectivity index (χ3v) is 15.7. The summed E-state index contributed by atoms with van der Waals surface area (Å²) in [6, 6.07) is 20.7. The van der Waals surface area contributed by atoms with E-state index in [1.807, 2.05) is 38.4 Å². The summed E-state index contributed by atoms with van der Waals surface area (Å²) >= 11 is 3.08. The summed E-state index contributed by atoms with van der Waals surface area (Å²) in [4.78, 5) is 109. The number of halogens is 1. The zero-order valence-corrected chi connectivity index (χ0v) is 47.9. The molecule has 0 saturated carbocycles. The van der Waals surface area contributed by atoms with E-state index in [9.17, 15) is 33.6 Å².